The third-order valence-corrected chi connectivity index (χ3v) is 5.04. The van der Waals surface area contributed by atoms with Gasteiger partial charge in [-0.25, -0.2) is 13.2 Å². The molecule has 0 unspecified atom stereocenters. The second kappa shape index (κ2) is 7.76. The van der Waals surface area contributed by atoms with Gasteiger partial charge in [0.2, 0.25) is 0 Å². The highest BCUT2D eigenvalue weighted by Gasteiger charge is 2.17. The number of anilines is 1. The van der Waals surface area contributed by atoms with E-state index in [9.17, 15) is 13.2 Å². The van der Waals surface area contributed by atoms with E-state index in [2.05, 4.69) is 4.72 Å². The van der Waals surface area contributed by atoms with Gasteiger partial charge in [0.05, 0.1) is 9.92 Å². The maximum Gasteiger partial charge on any atom is 0.341 e. The Labute approximate surface area is 151 Å². The molecule has 0 saturated carbocycles. The molecule has 0 atom stereocenters. The van der Waals surface area contributed by atoms with Crippen LogP contribution in [0.3, 0.4) is 0 Å². The summed E-state index contributed by atoms with van der Waals surface area (Å²) >= 11 is 5.98. The molecule has 0 aliphatic heterocycles. The van der Waals surface area contributed by atoms with Crippen LogP contribution in [0.1, 0.15) is 25.3 Å². The molecule has 0 saturated heterocycles. The number of hydrogen-bond acceptors (Lipinski definition) is 4. The van der Waals surface area contributed by atoms with Crippen LogP contribution in [0.4, 0.5) is 5.69 Å². The summed E-state index contributed by atoms with van der Waals surface area (Å²) in [6.45, 7) is 3.47. The second-order valence-corrected chi connectivity index (χ2v) is 7.75. The Hall–Kier alpha value is -2.25. The SMILES string of the molecule is CC(C)c1cccc(NS(=O)(=O)c2ccc(OCC(=O)O)c(Cl)c2)c1. The van der Waals surface area contributed by atoms with Crippen molar-refractivity contribution in [3.05, 3.63) is 53.1 Å². The molecule has 2 rings (SSSR count). The highest BCUT2D eigenvalue weighted by molar-refractivity contribution is 7.92. The van der Waals surface area contributed by atoms with Crippen LogP contribution in [0, 0.1) is 0 Å². The average molecular weight is 384 g/mol. The van der Waals surface area contributed by atoms with Crippen molar-refractivity contribution in [3.63, 3.8) is 0 Å². The summed E-state index contributed by atoms with van der Waals surface area (Å²) in [5, 5.41) is 8.61. The summed E-state index contributed by atoms with van der Waals surface area (Å²) in [6.07, 6.45) is 0. The van der Waals surface area contributed by atoms with Crippen LogP contribution in [0.5, 0.6) is 5.75 Å². The van der Waals surface area contributed by atoms with Gasteiger partial charge in [-0.2, -0.15) is 0 Å². The summed E-state index contributed by atoms with van der Waals surface area (Å²) in [7, 11) is -3.83. The lowest BCUT2D eigenvalue weighted by Crippen LogP contribution is -2.14. The van der Waals surface area contributed by atoms with Crippen LogP contribution in [-0.4, -0.2) is 26.1 Å². The minimum atomic E-state index is -3.83. The molecule has 0 fully saturated rings. The number of carbonyl (C=O) groups is 1. The summed E-state index contributed by atoms with van der Waals surface area (Å²) in [4.78, 5) is 10.5. The van der Waals surface area contributed by atoms with Gasteiger partial charge in [0.1, 0.15) is 5.75 Å². The molecule has 8 heteroatoms. The van der Waals surface area contributed by atoms with Gasteiger partial charge in [-0.15, -0.1) is 0 Å². The molecular weight excluding hydrogens is 366 g/mol. The molecule has 25 heavy (non-hydrogen) atoms. The van der Waals surface area contributed by atoms with Crippen LogP contribution in [0.2, 0.25) is 5.02 Å². The molecule has 2 aromatic rings. The van der Waals surface area contributed by atoms with Crippen molar-refractivity contribution in [2.24, 2.45) is 0 Å². The van der Waals surface area contributed by atoms with Crippen molar-refractivity contribution >= 4 is 33.3 Å². The number of carboxylic acids is 1. The first kappa shape index (κ1) is 19.1. The summed E-state index contributed by atoms with van der Waals surface area (Å²) in [5.74, 6) is -0.783. The minimum absolute atomic E-state index is 0.0139. The molecule has 134 valence electrons. The molecule has 0 bridgehead atoms. The Balaban J connectivity index is 2.23. The minimum Gasteiger partial charge on any atom is -0.480 e. The monoisotopic (exact) mass is 383 g/mol. The van der Waals surface area contributed by atoms with Crippen LogP contribution in [0.15, 0.2) is 47.4 Å². The predicted octanol–water partition coefficient (Wildman–Crippen LogP) is 3.73. The largest absolute Gasteiger partial charge is 0.480 e. The van der Waals surface area contributed by atoms with Gasteiger partial charge in [-0.05, 0) is 41.8 Å². The molecule has 6 nitrogen and oxygen atoms in total. The molecule has 0 heterocycles. The van der Waals surface area contributed by atoms with E-state index in [0.717, 1.165) is 5.56 Å². The maximum atomic E-state index is 12.5. The normalized spacial score (nSPS) is 11.4. The number of halogens is 1. The van der Waals surface area contributed by atoms with Gasteiger partial charge in [-0.1, -0.05) is 37.6 Å². The van der Waals surface area contributed by atoms with Gasteiger partial charge in [-0.3, -0.25) is 4.72 Å². The van der Waals surface area contributed by atoms with Crippen molar-refractivity contribution in [1.29, 1.82) is 0 Å². The molecule has 0 amide bonds. The highest BCUT2D eigenvalue weighted by Crippen LogP contribution is 2.28. The number of carboxylic acid groups (broad SMARTS) is 1. The van der Waals surface area contributed by atoms with Crippen LogP contribution >= 0.6 is 11.6 Å². The van der Waals surface area contributed by atoms with Gasteiger partial charge in [0.15, 0.2) is 6.61 Å². The van der Waals surface area contributed by atoms with E-state index < -0.39 is 22.6 Å². The van der Waals surface area contributed by atoms with Crippen LogP contribution in [0.25, 0.3) is 0 Å². The number of aliphatic carboxylic acids is 1. The zero-order valence-electron chi connectivity index (χ0n) is 13.7. The van der Waals surface area contributed by atoms with Crippen molar-refractivity contribution < 1.29 is 23.1 Å². The fourth-order valence-corrected chi connectivity index (χ4v) is 3.46. The smallest absolute Gasteiger partial charge is 0.341 e. The van der Waals surface area contributed by atoms with Crippen molar-refractivity contribution in [2.45, 2.75) is 24.7 Å². The molecule has 0 aliphatic rings. The lowest BCUT2D eigenvalue weighted by molar-refractivity contribution is -0.139. The lowest BCUT2D eigenvalue weighted by Gasteiger charge is -2.12. The number of rotatable bonds is 7. The second-order valence-electron chi connectivity index (χ2n) is 5.66. The maximum absolute atomic E-state index is 12.5. The van der Waals surface area contributed by atoms with E-state index >= 15 is 0 Å². The fourth-order valence-electron chi connectivity index (χ4n) is 2.08. The predicted molar refractivity (Wildman–Crippen MR) is 95.9 cm³/mol. The third kappa shape index (κ3) is 5.11. The summed E-state index contributed by atoms with van der Waals surface area (Å²) in [5.41, 5.74) is 1.46. The number of hydrogen-bond donors (Lipinski definition) is 2. The first-order valence-electron chi connectivity index (χ1n) is 7.46. The van der Waals surface area contributed by atoms with Gasteiger partial charge < -0.3 is 9.84 Å². The molecule has 0 spiro atoms. The summed E-state index contributed by atoms with van der Waals surface area (Å²) in [6, 6.07) is 11.0. The fraction of sp³-hybridized carbons (Fsp3) is 0.235. The number of sulfonamides is 1. The number of ether oxygens (including phenoxy) is 1. The van der Waals surface area contributed by atoms with E-state index in [-0.39, 0.29) is 21.6 Å². The van der Waals surface area contributed by atoms with E-state index in [1.54, 1.807) is 18.2 Å². The van der Waals surface area contributed by atoms with E-state index in [1.807, 2.05) is 19.9 Å². The average Bonchev–Trinajstić information content (AvgIpc) is 2.53. The quantitative estimate of drug-likeness (QED) is 0.759. The zero-order valence-corrected chi connectivity index (χ0v) is 15.3. The molecule has 0 aliphatic carbocycles. The summed E-state index contributed by atoms with van der Waals surface area (Å²) < 4.78 is 32.5. The zero-order chi connectivity index (χ0) is 18.6. The lowest BCUT2D eigenvalue weighted by atomic mass is 10.0. The van der Waals surface area contributed by atoms with Crippen molar-refractivity contribution in [2.75, 3.05) is 11.3 Å². The first-order chi connectivity index (χ1) is 11.7. The molecule has 0 radical (unpaired) electrons. The van der Waals surface area contributed by atoms with Crippen LogP contribution < -0.4 is 9.46 Å². The number of benzene rings is 2. The third-order valence-electron chi connectivity index (χ3n) is 3.37. The van der Waals surface area contributed by atoms with E-state index in [4.69, 9.17) is 21.4 Å². The van der Waals surface area contributed by atoms with Crippen molar-refractivity contribution in [3.8, 4) is 5.75 Å². The van der Waals surface area contributed by atoms with Crippen molar-refractivity contribution in [1.82, 2.24) is 0 Å². The molecule has 0 aromatic heterocycles. The van der Waals surface area contributed by atoms with E-state index in [0.29, 0.717) is 5.69 Å². The topological polar surface area (TPSA) is 92.7 Å². The highest BCUT2D eigenvalue weighted by atomic mass is 35.5. The van der Waals surface area contributed by atoms with Gasteiger partial charge in [0.25, 0.3) is 10.0 Å². The van der Waals surface area contributed by atoms with Crippen LogP contribution in [-0.2, 0) is 14.8 Å². The standard InChI is InChI=1S/C17H18ClNO5S/c1-11(2)12-4-3-5-13(8-12)19-25(22,23)14-6-7-16(15(18)9-14)24-10-17(20)21/h3-9,11,19H,10H2,1-2H3,(H,20,21). The van der Waals surface area contributed by atoms with Gasteiger partial charge >= 0.3 is 5.97 Å². The number of nitrogens with one attached hydrogen (secondary N) is 1. The Morgan fingerprint density at radius 2 is 1.96 bits per heavy atom. The van der Waals surface area contributed by atoms with Gasteiger partial charge in [0, 0.05) is 5.69 Å². The molecule has 2 aromatic carbocycles. The molecular formula is C17H18ClNO5S. The Kier molecular flexibility index (Phi) is 5.92. The van der Waals surface area contributed by atoms with E-state index in [1.165, 1.54) is 18.2 Å². The molecule has 2 N–H and O–H groups in total. The Morgan fingerprint density at radius 1 is 1.24 bits per heavy atom. The Bertz CT molecular complexity index is 880. The Morgan fingerprint density at radius 3 is 2.56 bits per heavy atom. The first-order valence-corrected chi connectivity index (χ1v) is 9.32.